The maximum atomic E-state index is 11.5. The Morgan fingerprint density at radius 2 is 1.64 bits per heavy atom. The van der Waals surface area contributed by atoms with Gasteiger partial charge in [0.1, 0.15) is 0 Å². The molecule has 1 aliphatic carbocycles. The van der Waals surface area contributed by atoms with Crippen LogP contribution in [0.1, 0.15) is 33.6 Å². The zero-order valence-corrected chi connectivity index (χ0v) is 18.0. The fourth-order valence-electron chi connectivity index (χ4n) is 4.30. The molecule has 2 aromatic rings. The molecule has 1 aliphatic rings. The number of benzene rings is 2. The fourth-order valence-corrected chi connectivity index (χ4v) is 9.04. The average Bonchev–Trinajstić information content (AvgIpc) is 3.47. The minimum absolute atomic E-state index is 0.0529. The molecule has 0 bridgehead atoms. The summed E-state index contributed by atoms with van der Waals surface area (Å²) < 4.78 is 7.12. The van der Waals surface area contributed by atoms with Gasteiger partial charge in [0.2, 0.25) is 0 Å². The highest BCUT2D eigenvalue weighted by atomic mass is 28.4. The van der Waals surface area contributed by atoms with Crippen LogP contribution in [0.25, 0.3) is 0 Å². The fraction of sp³-hybridized carbons (Fsp3) is 0.375. The van der Waals surface area contributed by atoms with Crippen LogP contribution in [0.3, 0.4) is 0 Å². The zero-order valence-electron chi connectivity index (χ0n) is 17.0. The predicted molar refractivity (Wildman–Crippen MR) is 117 cm³/mol. The van der Waals surface area contributed by atoms with Crippen LogP contribution in [0.5, 0.6) is 0 Å². The van der Waals surface area contributed by atoms with Crippen LogP contribution in [0.2, 0.25) is 5.04 Å². The third-order valence-electron chi connectivity index (χ3n) is 5.78. The molecule has 0 aliphatic heterocycles. The van der Waals surface area contributed by atoms with Gasteiger partial charge in [0.05, 0.1) is 12.0 Å². The van der Waals surface area contributed by atoms with Gasteiger partial charge in [-0.2, -0.15) is 0 Å². The van der Waals surface area contributed by atoms with Crippen molar-refractivity contribution < 1.29 is 14.3 Å². The molecule has 0 aromatic heterocycles. The van der Waals surface area contributed by atoms with E-state index in [2.05, 4.69) is 75.9 Å². The predicted octanol–water partition coefficient (Wildman–Crippen LogP) is 4.23. The van der Waals surface area contributed by atoms with E-state index in [1.165, 1.54) is 10.4 Å². The van der Waals surface area contributed by atoms with E-state index in [0.717, 1.165) is 0 Å². The van der Waals surface area contributed by atoms with Crippen molar-refractivity contribution in [1.29, 1.82) is 0 Å². The summed E-state index contributed by atoms with van der Waals surface area (Å²) >= 11 is 0. The van der Waals surface area contributed by atoms with Crippen LogP contribution in [0.15, 0.2) is 73.3 Å². The first kappa shape index (κ1) is 20.6. The van der Waals surface area contributed by atoms with E-state index in [0.29, 0.717) is 12.8 Å². The lowest BCUT2D eigenvalue weighted by Gasteiger charge is -2.45. The van der Waals surface area contributed by atoms with Crippen LogP contribution >= 0.6 is 0 Å². The second kappa shape index (κ2) is 8.06. The second-order valence-corrected chi connectivity index (χ2v) is 12.9. The van der Waals surface area contributed by atoms with Gasteiger partial charge in [-0.25, -0.2) is 0 Å². The SMILES string of the molecule is C=CCC(O[Si](c1ccccc1)(c1ccccc1)C(C)(C)C)C1CC1C(=O)O. The third-order valence-corrected chi connectivity index (χ3v) is 10.8. The van der Waals surface area contributed by atoms with E-state index in [1.807, 2.05) is 18.2 Å². The van der Waals surface area contributed by atoms with Gasteiger partial charge in [0.15, 0.2) is 0 Å². The van der Waals surface area contributed by atoms with Crippen molar-refractivity contribution in [1.82, 2.24) is 0 Å². The van der Waals surface area contributed by atoms with Gasteiger partial charge in [-0.05, 0) is 34.2 Å². The number of hydrogen-bond acceptors (Lipinski definition) is 2. The number of carboxylic acids is 1. The lowest BCUT2D eigenvalue weighted by molar-refractivity contribution is -0.139. The largest absolute Gasteiger partial charge is 0.481 e. The maximum Gasteiger partial charge on any atom is 0.306 e. The first-order valence-corrected chi connectivity index (χ1v) is 11.8. The molecule has 4 heteroatoms. The van der Waals surface area contributed by atoms with Crippen molar-refractivity contribution in [3.63, 3.8) is 0 Å². The highest BCUT2D eigenvalue weighted by molar-refractivity contribution is 6.99. The van der Waals surface area contributed by atoms with E-state index in [1.54, 1.807) is 0 Å². The summed E-state index contributed by atoms with van der Waals surface area (Å²) in [5.74, 6) is -0.967. The number of carbonyl (C=O) groups is 1. The topological polar surface area (TPSA) is 46.5 Å². The lowest BCUT2D eigenvalue weighted by atomic mass is 10.1. The van der Waals surface area contributed by atoms with Gasteiger partial charge < -0.3 is 9.53 Å². The summed E-state index contributed by atoms with van der Waals surface area (Å²) in [6.45, 7) is 10.6. The van der Waals surface area contributed by atoms with Crippen molar-refractivity contribution in [3.05, 3.63) is 73.3 Å². The highest BCUT2D eigenvalue weighted by Gasteiger charge is 2.55. The average molecular weight is 395 g/mol. The molecule has 3 atom stereocenters. The molecular weight excluding hydrogens is 364 g/mol. The summed E-state index contributed by atoms with van der Waals surface area (Å²) in [6.07, 6.45) is 3.08. The lowest BCUT2D eigenvalue weighted by Crippen LogP contribution is -2.67. The van der Waals surface area contributed by atoms with Crippen LogP contribution < -0.4 is 10.4 Å². The van der Waals surface area contributed by atoms with Crippen LogP contribution in [-0.2, 0) is 9.22 Å². The van der Waals surface area contributed by atoms with E-state index >= 15 is 0 Å². The Labute approximate surface area is 169 Å². The number of aliphatic carboxylic acids is 1. The Kier molecular flexibility index (Phi) is 5.92. The minimum Gasteiger partial charge on any atom is -0.481 e. The smallest absolute Gasteiger partial charge is 0.306 e. The van der Waals surface area contributed by atoms with Gasteiger partial charge in [-0.1, -0.05) is 87.5 Å². The van der Waals surface area contributed by atoms with E-state index in [9.17, 15) is 9.90 Å². The Balaban J connectivity index is 2.12. The first-order valence-electron chi connectivity index (χ1n) is 9.94. The molecule has 0 heterocycles. The third kappa shape index (κ3) is 3.84. The van der Waals surface area contributed by atoms with Crippen LogP contribution in [-0.4, -0.2) is 25.5 Å². The normalized spacial score (nSPS) is 20.4. The van der Waals surface area contributed by atoms with Gasteiger partial charge in [-0.15, -0.1) is 6.58 Å². The van der Waals surface area contributed by atoms with Crippen molar-refractivity contribution in [2.45, 2.75) is 44.8 Å². The first-order chi connectivity index (χ1) is 13.3. The molecule has 2 aromatic carbocycles. The van der Waals surface area contributed by atoms with Gasteiger partial charge >= 0.3 is 5.97 Å². The minimum atomic E-state index is -2.68. The Hall–Kier alpha value is -2.17. The molecule has 3 rings (SSSR count). The van der Waals surface area contributed by atoms with Crippen molar-refractivity contribution in [2.24, 2.45) is 11.8 Å². The number of rotatable bonds is 8. The number of carboxylic acid groups (broad SMARTS) is 1. The van der Waals surface area contributed by atoms with Gasteiger partial charge in [0.25, 0.3) is 8.32 Å². The second-order valence-electron chi connectivity index (χ2n) is 8.69. The monoisotopic (exact) mass is 394 g/mol. The van der Waals surface area contributed by atoms with Gasteiger partial charge in [-0.3, -0.25) is 4.79 Å². The molecule has 0 saturated heterocycles. The number of hydrogen-bond donors (Lipinski definition) is 1. The van der Waals surface area contributed by atoms with Crippen LogP contribution in [0.4, 0.5) is 0 Å². The molecule has 0 radical (unpaired) electrons. The van der Waals surface area contributed by atoms with Crippen LogP contribution in [0, 0.1) is 11.8 Å². The Bertz CT molecular complexity index is 771. The highest BCUT2D eigenvalue weighted by Crippen LogP contribution is 2.47. The molecule has 3 unspecified atom stereocenters. The molecule has 0 spiro atoms. The summed E-state index contributed by atoms with van der Waals surface area (Å²) in [5.41, 5.74) is 0. The molecular formula is C24H30O3Si. The molecule has 28 heavy (non-hydrogen) atoms. The quantitative estimate of drug-likeness (QED) is 0.538. The standard InChI is InChI=1S/C24H30O3Si/c1-5-12-22(20-17-21(20)23(25)26)27-28(24(2,3)4,18-13-8-6-9-14-18)19-15-10-7-11-16-19/h5-11,13-16,20-22H,1,12,17H2,2-4H3,(H,25,26). The summed E-state index contributed by atoms with van der Waals surface area (Å²) in [4.78, 5) is 11.5. The van der Waals surface area contributed by atoms with E-state index in [4.69, 9.17) is 4.43 Å². The molecule has 3 nitrogen and oxygen atoms in total. The van der Waals surface area contributed by atoms with Crippen molar-refractivity contribution >= 4 is 24.7 Å². The van der Waals surface area contributed by atoms with Crippen molar-refractivity contribution in [3.8, 4) is 0 Å². The molecule has 1 fully saturated rings. The maximum absolute atomic E-state index is 11.5. The van der Waals surface area contributed by atoms with Gasteiger partial charge in [0, 0.05) is 0 Å². The zero-order chi connectivity index (χ0) is 20.4. The Morgan fingerprint density at radius 3 is 2.00 bits per heavy atom. The summed E-state index contributed by atoms with van der Waals surface area (Å²) in [6, 6.07) is 21.0. The molecule has 1 N–H and O–H groups in total. The molecule has 148 valence electrons. The molecule has 1 saturated carbocycles. The van der Waals surface area contributed by atoms with Crippen molar-refractivity contribution in [2.75, 3.05) is 0 Å². The molecule has 0 amide bonds. The summed E-state index contributed by atoms with van der Waals surface area (Å²) in [5, 5.41) is 11.8. The summed E-state index contributed by atoms with van der Waals surface area (Å²) in [7, 11) is -2.68. The Morgan fingerprint density at radius 1 is 1.14 bits per heavy atom. The van der Waals surface area contributed by atoms with E-state index in [-0.39, 0.29) is 23.0 Å². The van der Waals surface area contributed by atoms with E-state index < -0.39 is 14.3 Å².